The lowest BCUT2D eigenvalue weighted by Crippen LogP contribution is -2.26. The van der Waals surface area contributed by atoms with E-state index in [9.17, 15) is 8.42 Å². The van der Waals surface area contributed by atoms with E-state index in [2.05, 4.69) is 30.7 Å². The highest BCUT2D eigenvalue weighted by Crippen LogP contribution is 2.22. The van der Waals surface area contributed by atoms with Gasteiger partial charge in [-0.2, -0.15) is 0 Å². The number of hydrogen-bond acceptors (Lipinski definition) is 2. The van der Waals surface area contributed by atoms with Crippen LogP contribution in [0.5, 0.6) is 0 Å². The van der Waals surface area contributed by atoms with Crippen LogP contribution in [0.25, 0.3) is 0 Å². The number of rotatable bonds is 6. The first-order valence-electron chi connectivity index (χ1n) is 7.61. The second-order valence-corrected chi connectivity index (χ2v) is 7.35. The molecule has 118 valence electrons. The molecule has 1 N–H and O–H groups in total. The normalized spacial score (nSPS) is 14.5. The molecule has 3 nitrogen and oxygen atoms in total. The summed E-state index contributed by atoms with van der Waals surface area (Å²) in [6, 6.07) is 16.3. The molecule has 0 aliphatic carbocycles. The van der Waals surface area contributed by atoms with Crippen molar-refractivity contribution in [1.29, 1.82) is 0 Å². The molecule has 0 heterocycles. The van der Waals surface area contributed by atoms with Crippen molar-refractivity contribution >= 4 is 10.0 Å². The predicted molar refractivity (Wildman–Crippen MR) is 90.3 cm³/mol. The van der Waals surface area contributed by atoms with E-state index in [0.717, 1.165) is 12.0 Å². The SMILES string of the molecule is CCC(C)c1ccc(C(C)NS(=O)(=O)c2ccccc2)cc1. The summed E-state index contributed by atoms with van der Waals surface area (Å²) < 4.78 is 27.4. The maximum Gasteiger partial charge on any atom is 0.241 e. The van der Waals surface area contributed by atoms with Gasteiger partial charge in [-0.15, -0.1) is 0 Å². The Morgan fingerprint density at radius 2 is 1.45 bits per heavy atom. The molecule has 0 saturated heterocycles. The van der Waals surface area contributed by atoms with Gasteiger partial charge in [0, 0.05) is 6.04 Å². The summed E-state index contributed by atoms with van der Waals surface area (Å²) in [7, 11) is -3.49. The minimum Gasteiger partial charge on any atom is -0.207 e. The molecular weight excluding hydrogens is 294 g/mol. The molecule has 0 bridgehead atoms. The molecule has 0 saturated carbocycles. The summed E-state index contributed by atoms with van der Waals surface area (Å²) in [5.41, 5.74) is 2.25. The Labute approximate surface area is 133 Å². The number of hydrogen-bond donors (Lipinski definition) is 1. The van der Waals surface area contributed by atoms with E-state index in [1.165, 1.54) is 5.56 Å². The fraction of sp³-hybridized carbons (Fsp3) is 0.333. The van der Waals surface area contributed by atoms with E-state index in [4.69, 9.17) is 0 Å². The van der Waals surface area contributed by atoms with Crippen LogP contribution in [0.3, 0.4) is 0 Å². The molecule has 0 aromatic heterocycles. The molecule has 0 fully saturated rings. The van der Waals surface area contributed by atoms with Crippen molar-refractivity contribution in [3.05, 3.63) is 65.7 Å². The van der Waals surface area contributed by atoms with Gasteiger partial charge in [0.05, 0.1) is 4.90 Å². The van der Waals surface area contributed by atoms with Crippen LogP contribution in [0, 0.1) is 0 Å². The standard InChI is InChI=1S/C18H23NO2S/c1-4-14(2)16-10-12-17(13-11-16)15(3)19-22(20,21)18-8-6-5-7-9-18/h5-15,19H,4H2,1-3H3. The van der Waals surface area contributed by atoms with Gasteiger partial charge in [0.15, 0.2) is 0 Å². The first kappa shape index (κ1) is 16.7. The summed E-state index contributed by atoms with van der Waals surface area (Å²) in [6.07, 6.45) is 1.09. The van der Waals surface area contributed by atoms with Gasteiger partial charge in [-0.1, -0.05) is 56.3 Å². The third-order valence-electron chi connectivity index (χ3n) is 4.00. The fourth-order valence-electron chi connectivity index (χ4n) is 2.32. The van der Waals surface area contributed by atoms with E-state index in [1.54, 1.807) is 30.3 Å². The van der Waals surface area contributed by atoms with Crippen molar-refractivity contribution in [2.45, 2.75) is 44.0 Å². The highest BCUT2D eigenvalue weighted by Gasteiger charge is 2.18. The Balaban J connectivity index is 2.14. The minimum atomic E-state index is -3.49. The lowest BCUT2D eigenvalue weighted by atomic mass is 9.96. The van der Waals surface area contributed by atoms with E-state index in [1.807, 2.05) is 19.1 Å². The van der Waals surface area contributed by atoms with E-state index in [0.29, 0.717) is 5.92 Å². The van der Waals surface area contributed by atoms with Gasteiger partial charge in [-0.25, -0.2) is 13.1 Å². The van der Waals surface area contributed by atoms with Crippen molar-refractivity contribution in [1.82, 2.24) is 4.72 Å². The first-order valence-corrected chi connectivity index (χ1v) is 9.09. The highest BCUT2D eigenvalue weighted by molar-refractivity contribution is 7.89. The second kappa shape index (κ2) is 7.07. The zero-order valence-electron chi connectivity index (χ0n) is 13.3. The summed E-state index contributed by atoms with van der Waals surface area (Å²) in [5.74, 6) is 0.519. The van der Waals surface area contributed by atoms with Gasteiger partial charge in [0.25, 0.3) is 0 Å². The van der Waals surface area contributed by atoms with Gasteiger partial charge in [0.1, 0.15) is 0 Å². The Hall–Kier alpha value is -1.65. The molecule has 0 radical (unpaired) electrons. The lowest BCUT2D eigenvalue weighted by Gasteiger charge is -2.16. The van der Waals surface area contributed by atoms with Gasteiger partial charge in [-0.3, -0.25) is 0 Å². The lowest BCUT2D eigenvalue weighted by molar-refractivity contribution is 0.567. The molecule has 4 heteroatoms. The second-order valence-electron chi connectivity index (χ2n) is 5.63. The Bertz CT molecular complexity index is 694. The molecule has 2 atom stereocenters. The summed E-state index contributed by atoms with van der Waals surface area (Å²) >= 11 is 0. The van der Waals surface area contributed by atoms with Gasteiger partial charge in [-0.05, 0) is 42.5 Å². The Morgan fingerprint density at radius 3 is 2.00 bits per heavy atom. The average Bonchev–Trinajstić information content (AvgIpc) is 2.54. The van der Waals surface area contributed by atoms with Crippen LogP contribution in [-0.2, 0) is 10.0 Å². The fourth-order valence-corrected chi connectivity index (χ4v) is 3.57. The Morgan fingerprint density at radius 1 is 0.909 bits per heavy atom. The number of nitrogens with one attached hydrogen (secondary N) is 1. The van der Waals surface area contributed by atoms with Crippen LogP contribution in [-0.4, -0.2) is 8.42 Å². The summed E-state index contributed by atoms with van der Waals surface area (Å²) in [6.45, 7) is 6.21. The maximum absolute atomic E-state index is 12.3. The van der Waals surface area contributed by atoms with Crippen molar-refractivity contribution in [3.63, 3.8) is 0 Å². The third kappa shape index (κ3) is 3.96. The molecule has 0 aliphatic heterocycles. The van der Waals surface area contributed by atoms with Crippen molar-refractivity contribution in [2.24, 2.45) is 0 Å². The van der Waals surface area contributed by atoms with Crippen molar-refractivity contribution in [3.8, 4) is 0 Å². The topological polar surface area (TPSA) is 46.2 Å². The largest absolute Gasteiger partial charge is 0.241 e. The molecule has 2 unspecified atom stereocenters. The van der Waals surface area contributed by atoms with Gasteiger partial charge < -0.3 is 0 Å². The molecule has 0 aliphatic rings. The molecule has 0 spiro atoms. The van der Waals surface area contributed by atoms with E-state index >= 15 is 0 Å². The van der Waals surface area contributed by atoms with Gasteiger partial charge >= 0.3 is 0 Å². The number of benzene rings is 2. The first-order chi connectivity index (χ1) is 10.4. The van der Waals surface area contributed by atoms with Crippen LogP contribution in [0.1, 0.15) is 50.3 Å². The third-order valence-corrected chi connectivity index (χ3v) is 5.56. The molecule has 2 aromatic rings. The monoisotopic (exact) mass is 317 g/mol. The van der Waals surface area contributed by atoms with Crippen LogP contribution < -0.4 is 4.72 Å². The summed E-state index contributed by atoms with van der Waals surface area (Å²) in [5, 5.41) is 0. The molecule has 0 amide bonds. The number of sulfonamides is 1. The smallest absolute Gasteiger partial charge is 0.207 e. The molecule has 2 aromatic carbocycles. The quantitative estimate of drug-likeness (QED) is 0.866. The minimum absolute atomic E-state index is 0.267. The van der Waals surface area contributed by atoms with Crippen LogP contribution in [0.4, 0.5) is 0 Å². The van der Waals surface area contributed by atoms with Crippen LogP contribution >= 0.6 is 0 Å². The molecule has 2 rings (SSSR count). The van der Waals surface area contributed by atoms with Crippen molar-refractivity contribution < 1.29 is 8.42 Å². The highest BCUT2D eigenvalue weighted by atomic mass is 32.2. The summed E-state index contributed by atoms with van der Waals surface area (Å²) in [4.78, 5) is 0.290. The molecular formula is C18H23NO2S. The van der Waals surface area contributed by atoms with Crippen molar-refractivity contribution in [2.75, 3.05) is 0 Å². The zero-order chi connectivity index (χ0) is 16.2. The van der Waals surface area contributed by atoms with E-state index < -0.39 is 10.0 Å². The maximum atomic E-state index is 12.3. The van der Waals surface area contributed by atoms with Gasteiger partial charge in [0.2, 0.25) is 10.0 Å². The predicted octanol–water partition coefficient (Wildman–Crippen LogP) is 4.24. The van der Waals surface area contributed by atoms with E-state index in [-0.39, 0.29) is 10.9 Å². The molecule has 22 heavy (non-hydrogen) atoms. The Kier molecular flexibility index (Phi) is 5.37. The zero-order valence-corrected chi connectivity index (χ0v) is 14.1. The van der Waals surface area contributed by atoms with Crippen LogP contribution in [0.2, 0.25) is 0 Å². The van der Waals surface area contributed by atoms with Crippen LogP contribution in [0.15, 0.2) is 59.5 Å². The average molecular weight is 317 g/mol.